The Kier molecular flexibility index (Phi) is 8.51. The van der Waals surface area contributed by atoms with Gasteiger partial charge in [-0.2, -0.15) is 13.2 Å². The molecule has 0 saturated carbocycles. The van der Waals surface area contributed by atoms with Gasteiger partial charge in [0.25, 0.3) is 12.0 Å². The Bertz CT molecular complexity index is 1910. The molecule has 44 heavy (non-hydrogen) atoms. The van der Waals surface area contributed by atoms with Crippen LogP contribution in [-0.2, 0) is 22.1 Å². The van der Waals surface area contributed by atoms with Crippen LogP contribution in [-0.4, -0.2) is 22.6 Å². The van der Waals surface area contributed by atoms with E-state index in [9.17, 15) is 35.9 Å². The number of benzene rings is 4. The van der Waals surface area contributed by atoms with E-state index in [2.05, 4.69) is 4.98 Å². The molecule has 0 N–H and O–H groups in total. The maximum Gasteiger partial charge on any atom is 0.449 e. The molecule has 12 heteroatoms. The first-order valence-corrected chi connectivity index (χ1v) is 13.4. The normalized spacial score (nSPS) is 12.5. The number of hydrogen-bond acceptors (Lipinski definition) is 4. The van der Waals surface area contributed by atoms with E-state index in [1.807, 2.05) is 0 Å². The van der Waals surface area contributed by atoms with Crippen LogP contribution < -0.4 is 5.56 Å². The Balaban J connectivity index is 1.60. The standard InChI is InChI=1S/C32H21ClF6N2O3/c1-44-30(43)27(14-17-2-4-18(5-3-17)22-10-12-25(34)24(33)16-22)41-29(42)23-15-21(19-6-8-20(9-7-19)28(35)36)11-13-26(23)40-31(41)32(37,38)39/h2-13,15-16,27-28H,14H2,1H3. The van der Waals surface area contributed by atoms with E-state index in [1.165, 1.54) is 60.7 Å². The van der Waals surface area contributed by atoms with Gasteiger partial charge in [0.05, 0.1) is 23.0 Å². The summed E-state index contributed by atoms with van der Waals surface area (Å²) in [6, 6.07) is 17.9. The summed E-state index contributed by atoms with van der Waals surface area (Å²) in [6.07, 6.45) is -8.16. The van der Waals surface area contributed by atoms with Crippen molar-refractivity contribution in [2.75, 3.05) is 7.11 Å². The van der Waals surface area contributed by atoms with E-state index < -0.39 is 41.8 Å². The highest BCUT2D eigenvalue weighted by molar-refractivity contribution is 6.31. The summed E-state index contributed by atoms with van der Waals surface area (Å²) in [6.45, 7) is 0. The van der Waals surface area contributed by atoms with Crippen molar-refractivity contribution in [2.45, 2.75) is 25.1 Å². The Hall–Kier alpha value is -4.64. The zero-order chi connectivity index (χ0) is 31.8. The van der Waals surface area contributed by atoms with E-state index in [0.29, 0.717) is 27.8 Å². The molecule has 1 aromatic heterocycles. The van der Waals surface area contributed by atoms with Gasteiger partial charge >= 0.3 is 12.1 Å². The zero-order valence-electron chi connectivity index (χ0n) is 22.7. The van der Waals surface area contributed by atoms with E-state index in [0.717, 1.165) is 7.11 Å². The number of nitrogens with zero attached hydrogens (tertiary/aromatic N) is 2. The highest BCUT2D eigenvalue weighted by atomic mass is 35.5. The van der Waals surface area contributed by atoms with Crippen LogP contribution in [0.3, 0.4) is 0 Å². The van der Waals surface area contributed by atoms with Crippen molar-refractivity contribution in [3.05, 3.63) is 123 Å². The molecule has 1 unspecified atom stereocenters. The second-order valence-corrected chi connectivity index (χ2v) is 10.2. The van der Waals surface area contributed by atoms with Crippen molar-refractivity contribution in [2.24, 2.45) is 0 Å². The fourth-order valence-electron chi connectivity index (χ4n) is 4.84. The average molecular weight is 631 g/mol. The average Bonchev–Trinajstić information content (AvgIpc) is 3.01. The van der Waals surface area contributed by atoms with Crippen molar-refractivity contribution in [3.63, 3.8) is 0 Å². The summed E-state index contributed by atoms with van der Waals surface area (Å²) < 4.78 is 87.5. The summed E-state index contributed by atoms with van der Waals surface area (Å²) in [5.41, 5.74) is 0.790. The number of alkyl halides is 5. The van der Waals surface area contributed by atoms with Gasteiger partial charge in [0.15, 0.2) is 0 Å². The van der Waals surface area contributed by atoms with Gasteiger partial charge < -0.3 is 4.74 Å². The minimum absolute atomic E-state index is 0.0893. The summed E-state index contributed by atoms with van der Waals surface area (Å²) in [4.78, 5) is 30.4. The molecule has 0 fully saturated rings. The van der Waals surface area contributed by atoms with Crippen molar-refractivity contribution in [1.82, 2.24) is 9.55 Å². The molecule has 5 rings (SSSR count). The highest BCUT2D eigenvalue weighted by Gasteiger charge is 2.41. The number of methoxy groups -OCH3 is 1. The molecule has 0 aliphatic heterocycles. The Labute approximate surface area is 251 Å². The molecule has 5 aromatic rings. The second-order valence-electron chi connectivity index (χ2n) is 9.83. The maximum atomic E-state index is 14.3. The van der Waals surface area contributed by atoms with Crippen LogP contribution in [0.5, 0.6) is 0 Å². The lowest BCUT2D eigenvalue weighted by atomic mass is 10.00. The molecule has 1 heterocycles. The van der Waals surface area contributed by atoms with Crippen LogP contribution in [0.25, 0.3) is 33.2 Å². The fourth-order valence-corrected chi connectivity index (χ4v) is 5.02. The van der Waals surface area contributed by atoms with Gasteiger partial charge in [-0.3, -0.25) is 9.36 Å². The van der Waals surface area contributed by atoms with Gasteiger partial charge in [-0.05, 0) is 52.1 Å². The van der Waals surface area contributed by atoms with E-state index >= 15 is 0 Å². The van der Waals surface area contributed by atoms with Gasteiger partial charge in [0, 0.05) is 12.0 Å². The third-order valence-corrected chi connectivity index (χ3v) is 7.36. The molecule has 226 valence electrons. The van der Waals surface area contributed by atoms with Crippen molar-refractivity contribution < 1.29 is 35.9 Å². The van der Waals surface area contributed by atoms with E-state index in [1.54, 1.807) is 24.3 Å². The van der Waals surface area contributed by atoms with Crippen LogP contribution in [0, 0.1) is 5.82 Å². The molecule has 5 nitrogen and oxygen atoms in total. The van der Waals surface area contributed by atoms with Crippen LogP contribution in [0.2, 0.25) is 5.02 Å². The summed E-state index contributed by atoms with van der Waals surface area (Å²) in [5.74, 6) is -3.29. The number of carbonyl (C=O) groups excluding carboxylic acids is 1. The van der Waals surface area contributed by atoms with Crippen LogP contribution in [0.1, 0.15) is 29.4 Å². The fraction of sp³-hybridized carbons (Fsp3) is 0.156. The first-order valence-electron chi connectivity index (χ1n) is 13.0. The molecule has 4 aromatic carbocycles. The van der Waals surface area contributed by atoms with Crippen LogP contribution >= 0.6 is 11.6 Å². The number of aromatic nitrogens is 2. The lowest BCUT2D eigenvalue weighted by Gasteiger charge is -2.23. The minimum Gasteiger partial charge on any atom is -0.467 e. The number of rotatable bonds is 7. The molecule has 1 atom stereocenters. The quantitative estimate of drug-likeness (QED) is 0.134. The van der Waals surface area contributed by atoms with Crippen molar-refractivity contribution in [1.29, 1.82) is 0 Å². The number of halogens is 7. The number of hydrogen-bond donors (Lipinski definition) is 0. The van der Waals surface area contributed by atoms with Crippen molar-refractivity contribution in [3.8, 4) is 22.3 Å². The molecule has 0 bridgehead atoms. The highest BCUT2D eigenvalue weighted by Crippen LogP contribution is 2.33. The Morgan fingerprint density at radius 1 is 0.886 bits per heavy atom. The van der Waals surface area contributed by atoms with E-state index in [4.69, 9.17) is 16.3 Å². The number of fused-ring (bicyclic) bond motifs is 1. The zero-order valence-corrected chi connectivity index (χ0v) is 23.5. The molecule has 0 radical (unpaired) electrons. The second kappa shape index (κ2) is 12.2. The lowest BCUT2D eigenvalue weighted by molar-refractivity contribution is -0.153. The smallest absolute Gasteiger partial charge is 0.449 e. The van der Waals surface area contributed by atoms with Gasteiger partial charge in [-0.25, -0.2) is 22.9 Å². The molecular weight excluding hydrogens is 610 g/mol. The van der Waals surface area contributed by atoms with Crippen molar-refractivity contribution >= 4 is 28.5 Å². The third-order valence-electron chi connectivity index (χ3n) is 7.07. The molecule has 0 aliphatic carbocycles. The lowest BCUT2D eigenvalue weighted by Crippen LogP contribution is -2.38. The first kappa shape index (κ1) is 30.8. The molecule has 0 saturated heterocycles. The molecule has 0 spiro atoms. The summed E-state index contributed by atoms with van der Waals surface area (Å²) in [7, 11) is 0.991. The SMILES string of the molecule is COC(=O)C(Cc1ccc(-c2ccc(F)c(Cl)c2)cc1)n1c(C(F)(F)F)nc2ccc(-c3ccc(C(F)F)cc3)cc2c1=O. The Morgan fingerprint density at radius 2 is 1.45 bits per heavy atom. The van der Waals surface area contributed by atoms with Gasteiger partial charge in [0.2, 0.25) is 5.82 Å². The molecular formula is C32H21ClF6N2O3. The van der Waals surface area contributed by atoms with Gasteiger partial charge in [0.1, 0.15) is 11.9 Å². The Morgan fingerprint density at radius 3 is 2.02 bits per heavy atom. The third kappa shape index (κ3) is 6.19. The largest absolute Gasteiger partial charge is 0.467 e. The maximum absolute atomic E-state index is 14.3. The minimum atomic E-state index is -5.12. The van der Waals surface area contributed by atoms with Crippen LogP contribution in [0.4, 0.5) is 26.3 Å². The number of esters is 1. The van der Waals surface area contributed by atoms with Crippen LogP contribution in [0.15, 0.2) is 89.7 Å². The first-order chi connectivity index (χ1) is 20.9. The predicted octanol–water partition coefficient (Wildman–Crippen LogP) is 8.44. The van der Waals surface area contributed by atoms with Gasteiger partial charge in [-0.1, -0.05) is 72.3 Å². The van der Waals surface area contributed by atoms with E-state index in [-0.39, 0.29) is 32.5 Å². The monoisotopic (exact) mass is 630 g/mol. The summed E-state index contributed by atoms with van der Waals surface area (Å²) in [5, 5.41) is -0.306. The summed E-state index contributed by atoms with van der Waals surface area (Å²) >= 11 is 5.87. The molecule has 0 aliphatic rings. The van der Waals surface area contributed by atoms with Gasteiger partial charge in [-0.15, -0.1) is 0 Å². The number of ether oxygens (including phenoxy) is 1. The predicted molar refractivity (Wildman–Crippen MR) is 153 cm³/mol. The molecule has 0 amide bonds. The topological polar surface area (TPSA) is 61.2 Å². The number of carbonyl (C=O) groups is 1.